The number of carbonyl (C=O) groups is 2. The molecule has 2 saturated heterocycles. The van der Waals surface area contributed by atoms with E-state index >= 15 is 0 Å². The topological polar surface area (TPSA) is 70.7 Å². The van der Waals surface area contributed by atoms with Gasteiger partial charge < -0.3 is 15.4 Å². The summed E-state index contributed by atoms with van der Waals surface area (Å²) in [5, 5.41) is 6.14. The van der Waals surface area contributed by atoms with Crippen LogP contribution in [0.3, 0.4) is 0 Å². The van der Waals surface area contributed by atoms with Crippen LogP contribution in [-0.2, 0) is 19.7 Å². The fourth-order valence-corrected chi connectivity index (χ4v) is 5.37. The van der Waals surface area contributed by atoms with Crippen molar-refractivity contribution in [2.24, 2.45) is 0 Å². The molecule has 30 heavy (non-hydrogen) atoms. The summed E-state index contributed by atoms with van der Waals surface area (Å²) in [6, 6.07) is 8.75. The highest BCUT2D eigenvalue weighted by Gasteiger charge is 2.38. The fraction of sp³-hybridized carbons (Fsp3) is 0.667. The van der Waals surface area contributed by atoms with Crippen LogP contribution in [-0.4, -0.2) is 61.6 Å². The minimum atomic E-state index is -0.341. The van der Waals surface area contributed by atoms with Crippen molar-refractivity contribution in [1.82, 2.24) is 15.5 Å². The minimum Gasteiger partial charge on any atom is -0.381 e. The maximum Gasteiger partial charge on any atom is 0.237 e. The van der Waals surface area contributed by atoms with Crippen molar-refractivity contribution in [3.63, 3.8) is 0 Å². The molecule has 1 aromatic carbocycles. The molecule has 1 aromatic rings. The average molecular weight is 414 g/mol. The van der Waals surface area contributed by atoms with Crippen LogP contribution in [0.2, 0.25) is 0 Å². The highest BCUT2D eigenvalue weighted by atomic mass is 16.5. The number of carbonyl (C=O) groups excluding carboxylic acids is 2. The Morgan fingerprint density at radius 3 is 2.60 bits per heavy atom. The van der Waals surface area contributed by atoms with Gasteiger partial charge in [0.1, 0.15) is 0 Å². The molecule has 3 aliphatic rings. The predicted octanol–water partition coefficient (Wildman–Crippen LogP) is 2.29. The molecule has 164 valence electrons. The summed E-state index contributed by atoms with van der Waals surface area (Å²) in [7, 11) is 0. The molecule has 1 saturated carbocycles. The Hall–Kier alpha value is -1.92. The molecule has 6 heteroatoms. The van der Waals surface area contributed by atoms with Gasteiger partial charge in [-0.25, -0.2) is 0 Å². The van der Waals surface area contributed by atoms with Crippen molar-refractivity contribution in [1.29, 1.82) is 0 Å². The molecule has 0 unspecified atom stereocenters. The number of rotatable bonds is 6. The number of amides is 2. The van der Waals surface area contributed by atoms with Gasteiger partial charge in [0.05, 0.1) is 12.5 Å². The van der Waals surface area contributed by atoms with Crippen LogP contribution in [0.4, 0.5) is 0 Å². The second-order valence-corrected chi connectivity index (χ2v) is 9.22. The van der Waals surface area contributed by atoms with E-state index in [9.17, 15) is 9.59 Å². The number of aryl methyl sites for hydroxylation is 1. The summed E-state index contributed by atoms with van der Waals surface area (Å²) in [6.45, 7) is 5.64. The first kappa shape index (κ1) is 21.3. The Labute approximate surface area is 179 Å². The first-order valence-electron chi connectivity index (χ1n) is 11.5. The largest absolute Gasteiger partial charge is 0.381 e. The number of ether oxygens (including phenoxy) is 1. The Kier molecular flexibility index (Phi) is 6.74. The van der Waals surface area contributed by atoms with Gasteiger partial charge in [-0.1, -0.05) is 42.7 Å². The molecule has 0 bridgehead atoms. The van der Waals surface area contributed by atoms with Crippen LogP contribution in [0, 0.1) is 6.92 Å². The summed E-state index contributed by atoms with van der Waals surface area (Å²) in [4.78, 5) is 27.8. The second kappa shape index (κ2) is 9.48. The van der Waals surface area contributed by atoms with E-state index in [1.54, 1.807) is 0 Å². The number of piperazine rings is 1. The van der Waals surface area contributed by atoms with Crippen molar-refractivity contribution in [3.8, 4) is 0 Å². The zero-order valence-corrected chi connectivity index (χ0v) is 18.1. The van der Waals surface area contributed by atoms with Gasteiger partial charge in [-0.15, -0.1) is 0 Å². The Balaban J connectivity index is 1.41. The SMILES string of the molecule is Cc1ccc(C2(CNC(=O)C[C@H]3C(=O)NCCN3C3CCCC3)CCOCC2)cc1. The maximum atomic E-state index is 12.9. The molecule has 2 N–H and O–H groups in total. The summed E-state index contributed by atoms with van der Waals surface area (Å²) in [5.41, 5.74) is 2.40. The lowest BCUT2D eigenvalue weighted by molar-refractivity contribution is -0.135. The zero-order valence-electron chi connectivity index (χ0n) is 18.1. The van der Waals surface area contributed by atoms with E-state index in [0.717, 1.165) is 32.2 Å². The summed E-state index contributed by atoms with van der Waals surface area (Å²) in [6.07, 6.45) is 6.77. The first-order valence-corrected chi connectivity index (χ1v) is 11.5. The monoisotopic (exact) mass is 413 g/mol. The van der Waals surface area contributed by atoms with Crippen LogP contribution >= 0.6 is 0 Å². The fourth-order valence-electron chi connectivity index (χ4n) is 5.37. The number of nitrogens with one attached hydrogen (secondary N) is 2. The molecule has 1 atom stereocenters. The predicted molar refractivity (Wildman–Crippen MR) is 116 cm³/mol. The molecule has 4 rings (SSSR count). The van der Waals surface area contributed by atoms with Crippen LogP contribution in [0.5, 0.6) is 0 Å². The van der Waals surface area contributed by atoms with Gasteiger partial charge in [-0.05, 0) is 38.2 Å². The number of benzene rings is 1. The lowest BCUT2D eigenvalue weighted by Gasteiger charge is -2.40. The zero-order chi connectivity index (χ0) is 21.0. The van der Waals surface area contributed by atoms with Crippen LogP contribution in [0.1, 0.15) is 56.1 Å². The van der Waals surface area contributed by atoms with Crippen LogP contribution < -0.4 is 10.6 Å². The number of nitrogens with zero attached hydrogens (tertiary/aromatic N) is 1. The molecular weight excluding hydrogens is 378 g/mol. The molecule has 0 radical (unpaired) electrons. The van der Waals surface area contributed by atoms with Gasteiger partial charge >= 0.3 is 0 Å². The normalized spacial score (nSPS) is 25.1. The third-order valence-corrected chi connectivity index (χ3v) is 7.28. The highest BCUT2D eigenvalue weighted by molar-refractivity contribution is 5.88. The van der Waals surface area contributed by atoms with Gasteiger partial charge in [0.2, 0.25) is 11.8 Å². The van der Waals surface area contributed by atoms with Gasteiger partial charge in [0.25, 0.3) is 0 Å². The van der Waals surface area contributed by atoms with Crippen molar-refractivity contribution >= 4 is 11.8 Å². The smallest absolute Gasteiger partial charge is 0.237 e. The average Bonchev–Trinajstić information content (AvgIpc) is 3.30. The van der Waals surface area contributed by atoms with Crippen LogP contribution in [0.25, 0.3) is 0 Å². The van der Waals surface area contributed by atoms with E-state index in [4.69, 9.17) is 4.74 Å². The molecule has 3 fully saturated rings. The molecule has 0 spiro atoms. The lowest BCUT2D eigenvalue weighted by Crippen LogP contribution is -2.59. The minimum absolute atomic E-state index is 0.00242. The van der Waals surface area contributed by atoms with Gasteiger partial charge in [-0.3, -0.25) is 14.5 Å². The Bertz CT molecular complexity index is 737. The Morgan fingerprint density at radius 2 is 1.90 bits per heavy atom. The first-order chi connectivity index (χ1) is 14.6. The highest BCUT2D eigenvalue weighted by Crippen LogP contribution is 2.34. The second-order valence-electron chi connectivity index (χ2n) is 9.22. The van der Waals surface area contributed by atoms with E-state index in [2.05, 4.69) is 46.7 Å². The number of hydrogen-bond donors (Lipinski definition) is 2. The molecule has 0 aromatic heterocycles. The van der Waals surface area contributed by atoms with Gasteiger partial charge in [-0.2, -0.15) is 0 Å². The van der Waals surface area contributed by atoms with Crippen molar-refractivity contribution in [3.05, 3.63) is 35.4 Å². The molecule has 2 aliphatic heterocycles. The van der Waals surface area contributed by atoms with E-state index < -0.39 is 0 Å². The van der Waals surface area contributed by atoms with Crippen molar-refractivity contribution < 1.29 is 14.3 Å². The van der Waals surface area contributed by atoms with E-state index in [1.807, 2.05) is 0 Å². The third kappa shape index (κ3) is 4.70. The Morgan fingerprint density at radius 1 is 1.20 bits per heavy atom. The quantitative estimate of drug-likeness (QED) is 0.751. The van der Waals surface area contributed by atoms with E-state index in [-0.39, 0.29) is 29.7 Å². The van der Waals surface area contributed by atoms with E-state index in [1.165, 1.54) is 24.0 Å². The van der Waals surface area contributed by atoms with Gasteiger partial charge in [0, 0.05) is 44.3 Å². The molecular formula is C24H35N3O3. The van der Waals surface area contributed by atoms with Crippen molar-refractivity contribution in [2.75, 3.05) is 32.8 Å². The number of hydrogen-bond acceptors (Lipinski definition) is 4. The van der Waals surface area contributed by atoms with E-state index in [0.29, 0.717) is 32.3 Å². The molecule has 2 heterocycles. The molecule has 6 nitrogen and oxygen atoms in total. The van der Waals surface area contributed by atoms with Gasteiger partial charge in [0.15, 0.2) is 0 Å². The standard InChI is InChI=1S/C24H35N3O3/c1-18-6-8-19(9-7-18)24(10-14-30-15-11-24)17-26-22(28)16-21-23(29)25-12-13-27(21)20-4-2-3-5-20/h6-9,20-21H,2-5,10-17H2,1H3,(H,25,29)(H,26,28)/t21-/m0/s1. The maximum absolute atomic E-state index is 12.9. The summed E-state index contributed by atoms with van der Waals surface area (Å²) in [5.74, 6) is -0.0272. The van der Waals surface area contributed by atoms with Crippen molar-refractivity contribution in [2.45, 2.75) is 69.4 Å². The van der Waals surface area contributed by atoms with Crippen LogP contribution in [0.15, 0.2) is 24.3 Å². The summed E-state index contributed by atoms with van der Waals surface area (Å²) < 4.78 is 5.61. The summed E-state index contributed by atoms with van der Waals surface area (Å²) >= 11 is 0. The third-order valence-electron chi connectivity index (χ3n) is 7.28. The molecule has 1 aliphatic carbocycles. The molecule has 2 amide bonds. The lowest BCUT2D eigenvalue weighted by atomic mass is 9.74.